The highest BCUT2D eigenvalue weighted by atomic mass is 16.6. The number of unbranched alkanes of at least 4 members (excludes halogenated alkanes) is 33. The molecule has 0 heterocycles. The summed E-state index contributed by atoms with van der Waals surface area (Å²) in [6, 6.07) is 0. The molecule has 0 N–H and O–H groups in total. The first-order valence-electron chi connectivity index (χ1n) is 27.3. The zero-order chi connectivity index (χ0) is 44.7. The highest BCUT2D eigenvalue weighted by Gasteiger charge is 2.19. The third-order valence-electron chi connectivity index (χ3n) is 12.8. The summed E-state index contributed by atoms with van der Waals surface area (Å²) >= 11 is 0. The van der Waals surface area contributed by atoms with Gasteiger partial charge in [-0.2, -0.15) is 0 Å². The van der Waals surface area contributed by atoms with Crippen molar-refractivity contribution in [2.75, 3.05) is 13.2 Å². The average Bonchev–Trinajstić information content (AvgIpc) is 3.24. The van der Waals surface area contributed by atoms with Gasteiger partial charge in [0, 0.05) is 19.3 Å². The van der Waals surface area contributed by atoms with Gasteiger partial charge < -0.3 is 14.2 Å². The summed E-state index contributed by atoms with van der Waals surface area (Å²) in [5.74, 6) is 0.890. The smallest absolute Gasteiger partial charge is 0.306 e. The molecule has 0 aliphatic rings. The summed E-state index contributed by atoms with van der Waals surface area (Å²) in [4.78, 5) is 37.7. The number of esters is 3. The minimum atomic E-state index is -0.760. The van der Waals surface area contributed by atoms with Crippen molar-refractivity contribution in [2.24, 2.45) is 11.8 Å². The van der Waals surface area contributed by atoms with Gasteiger partial charge in [0.05, 0.1) is 0 Å². The summed E-state index contributed by atoms with van der Waals surface area (Å²) < 4.78 is 16.7. The maximum atomic E-state index is 12.8. The fraction of sp³-hybridized carbons (Fsp3) is 0.945. The van der Waals surface area contributed by atoms with Crippen LogP contribution in [0.1, 0.15) is 304 Å². The molecule has 2 atom stereocenters. The molecule has 0 fully saturated rings. The highest BCUT2D eigenvalue weighted by molar-refractivity contribution is 5.71. The third kappa shape index (κ3) is 47.7. The largest absolute Gasteiger partial charge is 0.462 e. The molecule has 0 aromatic heterocycles. The molecule has 0 aliphatic carbocycles. The van der Waals surface area contributed by atoms with Crippen LogP contribution in [0, 0.1) is 11.8 Å². The molecule has 362 valence electrons. The number of carbonyl (C=O) groups excluding carboxylic acids is 3. The molecule has 0 radical (unpaired) electrons. The Hall–Kier alpha value is -1.59. The predicted molar refractivity (Wildman–Crippen MR) is 261 cm³/mol. The fourth-order valence-electron chi connectivity index (χ4n) is 8.31. The van der Waals surface area contributed by atoms with E-state index in [4.69, 9.17) is 14.2 Å². The summed E-state index contributed by atoms with van der Waals surface area (Å²) in [6.07, 6.45) is 49.8. The number of rotatable bonds is 49. The molecule has 6 nitrogen and oxygen atoms in total. The van der Waals surface area contributed by atoms with Gasteiger partial charge in [0.2, 0.25) is 0 Å². The highest BCUT2D eigenvalue weighted by Crippen LogP contribution is 2.18. The van der Waals surface area contributed by atoms with Gasteiger partial charge in [-0.05, 0) is 31.1 Å². The quantitative estimate of drug-likeness (QED) is 0.0344. The molecular formula is C55H106O6. The summed E-state index contributed by atoms with van der Waals surface area (Å²) in [5, 5.41) is 0. The topological polar surface area (TPSA) is 78.9 Å². The van der Waals surface area contributed by atoms with Crippen molar-refractivity contribution in [3.63, 3.8) is 0 Å². The van der Waals surface area contributed by atoms with Gasteiger partial charge in [-0.25, -0.2) is 0 Å². The fourth-order valence-corrected chi connectivity index (χ4v) is 8.31. The van der Waals surface area contributed by atoms with Crippen LogP contribution in [0.25, 0.3) is 0 Å². The van der Waals surface area contributed by atoms with Crippen LogP contribution in [-0.2, 0) is 28.6 Å². The molecule has 6 heteroatoms. The SMILES string of the molecule is CCCCCCCC(=O)OC[C@@H](COC(=O)CCCCCCCCCCCCCCCC(C)C)OC(=O)CCCCCCCCCCCCCCCCCCCCC(C)CC. The van der Waals surface area contributed by atoms with Gasteiger partial charge in [0.25, 0.3) is 0 Å². The number of ether oxygens (including phenoxy) is 3. The van der Waals surface area contributed by atoms with E-state index in [0.717, 1.165) is 76.0 Å². The van der Waals surface area contributed by atoms with Crippen molar-refractivity contribution >= 4 is 17.9 Å². The molecule has 0 amide bonds. The van der Waals surface area contributed by atoms with Crippen molar-refractivity contribution in [1.29, 1.82) is 0 Å². The maximum Gasteiger partial charge on any atom is 0.306 e. The third-order valence-corrected chi connectivity index (χ3v) is 12.8. The molecule has 1 unspecified atom stereocenters. The van der Waals surface area contributed by atoms with Gasteiger partial charge in [-0.3, -0.25) is 14.4 Å². The molecule has 0 spiro atoms. The molecule has 0 saturated carbocycles. The van der Waals surface area contributed by atoms with Crippen LogP contribution in [0.5, 0.6) is 0 Å². The number of carbonyl (C=O) groups is 3. The Kier molecular flexibility index (Phi) is 46.6. The lowest BCUT2D eigenvalue weighted by Gasteiger charge is -2.18. The zero-order valence-electron chi connectivity index (χ0n) is 41.8. The normalized spacial score (nSPS) is 12.5. The van der Waals surface area contributed by atoms with Crippen LogP contribution in [-0.4, -0.2) is 37.2 Å². The maximum absolute atomic E-state index is 12.8. The Labute approximate surface area is 380 Å². The van der Waals surface area contributed by atoms with Crippen LogP contribution in [0.3, 0.4) is 0 Å². The Balaban J connectivity index is 4.06. The van der Waals surface area contributed by atoms with E-state index in [9.17, 15) is 14.4 Å². The van der Waals surface area contributed by atoms with E-state index in [1.165, 1.54) is 186 Å². The molecule has 0 aromatic carbocycles. The van der Waals surface area contributed by atoms with E-state index in [0.29, 0.717) is 19.3 Å². The first-order chi connectivity index (χ1) is 29.8. The Morgan fingerprint density at radius 1 is 0.344 bits per heavy atom. The molecule has 0 saturated heterocycles. The van der Waals surface area contributed by atoms with Gasteiger partial charge in [0.1, 0.15) is 13.2 Å². The van der Waals surface area contributed by atoms with Gasteiger partial charge in [-0.1, -0.05) is 266 Å². The molecule has 0 rings (SSSR count). The second kappa shape index (κ2) is 47.9. The summed E-state index contributed by atoms with van der Waals surface area (Å²) in [7, 11) is 0. The first-order valence-corrected chi connectivity index (χ1v) is 27.3. The summed E-state index contributed by atoms with van der Waals surface area (Å²) in [5.41, 5.74) is 0. The van der Waals surface area contributed by atoms with Crippen LogP contribution >= 0.6 is 0 Å². The Bertz CT molecular complexity index is 933. The lowest BCUT2D eigenvalue weighted by atomic mass is 9.99. The second-order valence-corrected chi connectivity index (χ2v) is 19.6. The second-order valence-electron chi connectivity index (χ2n) is 19.6. The summed E-state index contributed by atoms with van der Waals surface area (Å²) in [6.45, 7) is 11.4. The van der Waals surface area contributed by atoms with Crippen molar-refractivity contribution in [2.45, 2.75) is 310 Å². The monoisotopic (exact) mass is 863 g/mol. The molecule has 0 bridgehead atoms. The first kappa shape index (κ1) is 59.4. The molecule has 61 heavy (non-hydrogen) atoms. The standard InChI is InChI=1S/C55H106O6/c1-6-8-9-33-40-45-53(56)59-48-52(49-60-54(57)46-41-36-31-27-23-20-16-17-21-25-29-34-38-43-50(3)4)61-55(58)47-42-37-32-28-24-19-15-13-11-10-12-14-18-22-26-30-35-39-44-51(5)7-2/h50-52H,6-49H2,1-5H3/t51?,52-/m0/s1. The molecule has 0 aromatic rings. The van der Waals surface area contributed by atoms with Gasteiger partial charge >= 0.3 is 17.9 Å². The molecule has 0 aliphatic heterocycles. The Morgan fingerprint density at radius 3 is 0.934 bits per heavy atom. The minimum Gasteiger partial charge on any atom is -0.462 e. The van der Waals surface area contributed by atoms with E-state index >= 15 is 0 Å². The number of hydrogen-bond acceptors (Lipinski definition) is 6. The lowest BCUT2D eigenvalue weighted by Crippen LogP contribution is -2.30. The van der Waals surface area contributed by atoms with E-state index in [1.54, 1.807) is 0 Å². The molecular weight excluding hydrogens is 757 g/mol. The van der Waals surface area contributed by atoms with E-state index in [2.05, 4.69) is 34.6 Å². The average molecular weight is 863 g/mol. The van der Waals surface area contributed by atoms with Gasteiger partial charge in [0.15, 0.2) is 6.10 Å². The van der Waals surface area contributed by atoms with E-state index in [-0.39, 0.29) is 31.1 Å². The predicted octanol–water partition coefficient (Wildman–Crippen LogP) is 17.7. The number of hydrogen-bond donors (Lipinski definition) is 0. The van der Waals surface area contributed by atoms with Crippen LogP contribution in [0.2, 0.25) is 0 Å². The van der Waals surface area contributed by atoms with Crippen molar-refractivity contribution in [3.8, 4) is 0 Å². The van der Waals surface area contributed by atoms with E-state index < -0.39 is 6.10 Å². The van der Waals surface area contributed by atoms with Crippen molar-refractivity contribution in [3.05, 3.63) is 0 Å². The minimum absolute atomic E-state index is 0.0644. The van der Waals surface area contributed by atoms with Crippen LogP contribution in [0.15, 0.2) is 0 Å². The Morgan fingerprint density at radius 2 is 0.623 bits per heavy atom. The van der Waals surface area contributed by atoms with Crippen LogP contribution < -0.4 is 0 Å². The van der Waals surface area contributed by atoms with E-state index in [1.807, 2.05) is 0 Å². The zero-order valence-corrected chi connectivity index (χ0v) is 41.8. The van der Waals surface area contributed by atoms with Crippen LogP contribution in [0.4, 0.5) is 0 Å². The van der Waals surface area contributed by atoms with Gasteiger partial charge in [-0.15, -0.1) is 0 Å². The lowest BCUT2D eigenvalue weighted by molar-refractivity contribution is -0.167. The van der Waals surface area contributed by atoms with Crippen molar-refractivity contribution < 1.29 is 28.6 Å². The van der Waals surface area contributed by atoms with Crippen molar-refractivity contribution in [1.82, 2.24) is 0 Å².